The standard InChI is InChI=1S/C22H36N4O/c1-19-7-11-24(12-8-19)10-4-9-23-22(27)26-15-13-25(14-16-26)18-21-6-3-5-20(2)17-21/h3,5-6,17,19H,4,7-16,18H2,1-2H3,(H,23,27). The van der Waals surface area contributed by atoms with Crippen molar-refractivity contribution in [2.45, 2.75) is 39.7 Å². The SMILES string of the molecule is Cc1cccc(CN2CCN(C(=O)NCCCN3CCC(C)CC3)CC2)c1. The highest BCUT2D eigenvalue weighted by Crippen LogP contribution is 2.15. The van der Waals surface area contributed by atoms with Crippen LogP contribution in [-0.4, -0.2) is 73.1 Å². The highest BCUT2D eigenvalue weighted by atomic mass is 16.2. The number of likely N-dealkylation sites (tertiary alicyclic amines) is 1. The van der Waals surface area contributed by atoms with Crippen LogP contribution in [0.3, 0.4) is 0 Å². The van der Waals surface area contributed by atoms with Gasteiger partial charge in [-0.3, -0.25) is 4.90 Å². The molecule has 0 aromatic heterocycles. The predicted molar refractivity (Wildman–Crippen MR) is 111 cm³/mol. The van der Waals surface area contributed by atoms with Crippen molar-refractivity contribution in [2.24, 2.45) is 5.92 Å². The topological polar surface area (TPSA) is 38.8 Å². The highest BCUT2D eigenvalue weighted by molar-refractivity contribution is 5.74. The van der Waals surface area contributed by atoms with Gasteiger partial charge >= 0.3 is 6.03 Å². The Morgan fingerprint density at radius 3 is 2.52 bits per heavy atom. The molecule has 1 aromatic carbocycles. The van der Waals surface area contributed by atoms with Crippen LogP contribution in [0.4, 0.5) is 4.79 Å². The van der Waals surface area contributed by atoms with Gasteiger partial charge in [0.2, 0.25) is 0 Å². The fourth-order valence-electron chi connectivity index (χ4n) is 4.07. The van der Waals surface area contributed by atoms with Crippen molar-refractivity contribution in [3.63, 3.8) is 0 Å². The van der Waals surface area contributed by atoms with Gasteiger partial charge in [0.05, 0.1) is 0 Å². The second-order valence-electron chi connectivity index (χ2n) is 8.36. The lowest BCUT2D eigenvalue weighted by Crippen LogP contribution is -2.51. The first-order valence-corrected chi connectivity index (χ1v) is 10.6. The van der Waals surface area contributed by atoms with E-state index in [1.807, 2.05) is 4.90 Å². The van der Waals surface area contributed by atoms with E-state index in [2.05, 4.69) is 53.2 Å². The number of hydrogen-bond acceptors (Lipinski definition) is 3. The number of urea groups is 1. The maximum absolute atomic E-state index is 12.4. The van der Waals surface area contributed by atoms with Crippen molar-refractivity contribution < 1.29 is 4.79 Å². The van der Waals surface area contributed by atoms with Gasteiger partial charge in [-0.05, 0) is 57.3 Å². The van der Waals surface area contributed by atoms with Gasteiger partial charge in [0.25, 0.3) is 0 Å². The summed E-state index contributed by atoms with van der Waals surface area (Å²) in [7, 11) is 0. The molecule has 0 radical (unpaired) electrons. The van der Waals surface area contributed by atoms with E-state index < -0.39 is 0 Å². The monoisotopic (exact) mass is 372 g/mol. The molecule has 2 aliphatic rings. The molecule has 2 heterocycles. The van der Waals surface area contributed by atoms with Gasteiger partial charge in [-0.25, -0.2) is 4.79 Å². The minimum absolute atomic E-state index is 0.109. The Labute approximate surface area is 164 Å². The Kier molecular flexibility index (Phi) is 7.53. The van der Waals surface area contributed by atoms with Gasteiger partial charge < -0.3 is 15.1 Å². The minimum atomic E-state index is 0.109. The third-order valence-electron chi connectivity index (χ3n) is 5.95. The summed E-state index contributed by atoms with van der Waals surface area (Å²) < 4.78 is 0. The summed E-state index contributed by atoms with van der Waals surface area (Å²) in [5.41, 5.74) is 2.67. The van der Waals surface area contributed by atoms with Crippen molar-refractivity contribution in [1.82, 2.24) is 20.0 Å². The van der Waals surface area contributed by atoms with Crippen LogP contribution in [0, 0.1) is 12.8 Å². The number of carbonyl (C=O) groups excluding carboxylic acids is 1. The van der Waals surface area contributed by atoms with E-state index in [1.165, 1.54) is 37.1 Å². The van der Waals surface area contributed by atoms with E-state index >= 15 is 0 Å². The maximum Gasteiger partial charge on any atom is 0.317 e. The Morgan fingerprint density at radius 1 is 1.07 bits per heavy atom. The zero-order chi connectivity index (χ0) is 19.1. The summed E-state index contributed by atoms with van der Waals surface area (Å²) >= 11 is 0. The van der Waals surface area contributed by atoms with Gasteiger partial charge in [0, 0.05) is 39.3 Å². The number of piperazine rings is 1. The maximum atomic E-state index is 12.4. The molecular weight excluding hydrogens is 336 g/mol. The van der Waals surface area contributed by atoms with E-state index in [9.17, 15) is 4.79 Å². The number of aryl methyl sites for hydroxylation is 1. The smallest absolute Gasteiger partial charge is 0.317 e. The van der Waals surface area contributed by atoms with E-state index in [0.29, 0.717) is 0 Å². The second-order valence-corrected chi connectivity index (χ2v) is 8.36. The molecule has 2 amide bonds. The van der Waals surface area contributed by atoms with E-state index in [4.69, 9.17) is 0 Å². The van der Waals surface area contributed by atoms with Crippen molar-refractivity contribution in [2.75, 3.05) is 52.4 Å². The molecule has 0 saturated carbocycles. The fraction of sp³-hybridized carbons (Fsp3) is 0.682. The number of hydrogen-bond donors (Lipinski definition) is 1. The van der Waals surface area contributed by atoms with Crippen molar-refractivity contribution in [3.05, 3.63) is 35.4 Å². The van der Waals surface area contributed by atoms with Crippen LogP contribution in [0.1, 0.15) is 37.3 Å². The number of piperidine rings is 1. The number of carbonyl (C=O) groups is 1. The van der Waals surface area contributed by atoms with Gasteiger partial charge in [0.15, 0.2) is 0 Å². The van der Waals surface area contributed by atoms with Crippen LogP contribution in [0.15, 0.2) is 24.3 Å². The third-order valence-corrected chi connectivity index (χ3v) is 5.95. The summed E-state index contributed by atoms with van der Waals surface area (Å²) in [5, 5.41) is 3.11. The molecule has 1 aromatic rings. The molecule has 5 heteroatoms. The summed E-state index contributed by atoms with van der Waals surface area (Å²) in [4.78, 5) is 19.3. The molecule has 5 nitrogen and oxygen atoms in total. The molecule has 2 saturated heterocycles. The molecule has 0 unspecified atom stereocenters. The highest BCUT2D eigenvalue weighted by Gasteiger charge is 2.21. The normalized spacial score (nSPS) is 20.0. The number of nitrogens with one attached hydrogen (secondary N) is 1. The third kappa shape index (κ3) is 6.51. The van der Waals surface area contributed by atoms with E-state index in [0.717, 1.165) is 58.2 Å². The second kappa shape index (κ2) is 10.1. The molecular formula is C22H36N4O. The molecule has 0 bridgehead atoms. The van der Waals surface area contributed by atoms with Crippen molar-refractivity contribution in [3.8, 4) is 0 Å². The number of nitrogens with zero attached hydrogens (tertiary/aromatic N) is 3. The van der Waals surface area contributed by atoms with E-state index in [-0.39, 0.29) is 6.03 Å². The zero-order valence-electron chi connectivity index (χ0n) is 17.1. The van der Waals surface area contributed by atoms with Crippen molar-refractivity contribution >= 4 is 6.03 Å². The summed E-state index contributed by atoms with van der Waals surface area (Å²) in [6, 6.07) is 8.81. The molecule has 0 aliphatic carbocycles. The summed E-state index contributed by atoms with van der Waals surface area (Å²) in [6.45, 7) is 13.3. The van der Waals surface area contributed by atoms with Gasteiger partial charge in [-0.2, -0.15) is 0 Å². The Balaban J connectivity index is 1.29. The first kappa shape index (κ1) is 20.2. The molecule has 3 rings (SSSR count). The molecule has 2 fully saturated rings. The van der Waals surface area contributed by atoms with Crippen LogP contribution in [0.5, 0.6) is 0 Å². The Hall–Kier alpha value is -1.59. The van der Waals surface area contributed by atoms with E-state index in [1.54, 1.807) is 0 Å². The average molecular weight is 373 g/mol. The lowest BCUT2D eigenvalue weighted by molar-refractivity contribution is 0.134. The molecule has 2 aliphatic heterocycles. The quantitative estimate of drug-likeness (QED) is 0.781. The van der Waals surface area contributed by atoms with Crippen molar-refractivity contribution in [1.29, 1.82) is 0 Å². The van der Waals surface area contributed by atoms with Crippen LogP contribution < -0.4 is 5.32 Å². The zero-order valence-corrected chi connectivity index (χ0v) is 17.1. The average Bonchev–Trinajstić information content (AvgIpc) is 2.67. The number of amides is 2. The summed E-state index contributed by atoms with van der Waals surface area (Å²) in [6.07, 6.45) is 3.69. The molecule has 0 spiro atoms. The minimum Gasteiger partial charge on any atom is -0.338 e. The Morgan fingerprint density at radius 2 is 1.81 bits per heavy atom. The predicted octanol–water partition coefficient (Wildman–Crippen LogP) is 2.94. The van der Waals surface area contributed by atoms with Crippen LogP contribution in [0.25, 0.3) is 0 Å². The van der Waals surface area contributed by atoms with Gasteiger partial charge in [-0.1, -0.05) is 36.8 Å². The lowest BCUT2D eigenvalue weighted by atomic mass is 9.99. The van der Waals surface area contributed by atoms with Gasteiger partial charge in [0.1, 0.15) is 0 Å². The molecule has 0 atom stereocenters. The number of rotatable bonds is 6. The summed E-state index contributed by atoms with van der Waals surface area (Å²) in [5.74, 6) is 0.880. The molecule has 1 N–H and O–H groups in total. The van der Waals surface area contributed by atoms with Gasteiger partial charge in [-0.15, -0.1) is 0 Å². The van der Waals surface area contributed by atoms with Crippen LogP contribution in [0.2, 0.25) is 0 Å². The molecule has 27 heavy (non-hydrogen) atoms. The Bertz CT molecular complexity index is 590. The lowest BCUT2D eigenvalue weighted by Gasteiger charge is -2.35. The van der Waals surface area contributed by atoms with Crippen LogP contribution in [-0.2, 0) is 6.54 Å². The fourth-order valence-corrected chi connectivity index (χ4v) is 4.07. The van der Waals surface area contributed by atoms with Crippen LogP contribution >= 0.6 is 0 Å². The first-order chi connectivity index (χ1) is 13.1. The number of benzene rings is 1. The first-order valence-electron chi connectivity index (χ1n) is 10.6. The largest absolute Gasteiger partial charge is 0.338 e. The molecule has 150 valence electrons.